The summed E-state index contributed by atoms with van der Waals surface area (Å²) in [4.78, 5) is 17.6. The molecule has 0 unspecified atom stereocenters. The smallest absolute Gasteiger partial charge is 0.410 e. The minimum absolute atomic E-state index is 0.0787. The fraction of sp³-hybridized carbons (Fsp3) is 0.600. The molecular weight excluding hydrogens is 385 g/mol. The zero-order valence-corrected chi connectivity index (χ0v) is 15.8. The number of nitrogens with one attached hydrogen (secondary N) is 1. The highest BCUT2D eigenvalue weighted by molar-refractivity contribution is 5.78. The summed E-state index contributed by atoms with van der Waals surface area (Å²) < 4.78 is 44.4. The van der Waals surface area contributed by atoms with Gasteiger partial charge >= 0.3 is 12.2 Å². The van der Waals surface area contributed by atoms with Crippen LogP contribution in [0.15, 0.2) is 22.6 Å². The van der Waals surface area contributed by atoms with E-state index < -0.39 is 24.8 Å². The second-order valence-corrected chi connectivity index (χ2v) is 8.56. The molecule has 3 N–H and O–H groups in total. The van der Waals surface area contributed by atoms with Crippen molar-refractivity contribution >= 4 is 17.1 Å². The number of oxazole rings is 1. The molecule has 1 saturated heterocycles. The third-order valence-corrected chi connectivity index (χ3v) is 6.26. The Balaban J connectivity index is 1.32. The number of hydrogen-bond donors (Lipinski definition) is 2. The normalized spacial score (nSPS) is 23.8. The highest BCUT2D eigenvalue weighted by Crippen LogP contribution is 2.53. The first-order valence-corrected chi connectivity index (χ1v) is 10.1. The lowest BCUT2D eigenvalue weighted by molar-refractivity contribution is -0.149. The molecule has 2 aromatic rings. The lowest BCUT2D eigenvalue weighted by Gasteiger charge is -2.20. The number of hydrogen-bond acceptors (Lipinski definition) is 4. The molecule has 2 atom stereocenters. The van der Waals surface area contributed by atoms with Crippen molar-refractivity contribution in [3.63, 3.8) is 0 Å². The second-order valence-electron chi connectivity index (χ2n) is 8.56. The fourth-order valence-corrected chi connectivity index (χ4v) is 4.46. The minimum Gasteiger partial charge on any atom is -0.439 e. The van der Waals surface area contributed by atoms with Gasteiger partial charge < -0.3 is 20.4 Å². The SMILES string of the molecule is N[C@@H](c1nc2cc(CN3C[C@@H](C(F)(F)F)NC3=O)ccc2o1)C(C1CC1)C1CC1. The van der Waals surface area contributed by atoms with Gasteiger partial charge in [-0.15, -0.1) is 0 Å². The third-order valence-electron chi connectivity index (χ3n) is 6.26. The summed E-state index contributed by atoms with van der Waals surface area (Å²) in [5.74, 6) is 2.27. The van der Waals surface area contributed by atoms with Gasteiger partial charge in [0.1, 0.15) is 11.6 Å². The molecule has 2 amide bonds. The Morgan fingerprint density at radius 2 is 1.93 bits per heavy atom. The first-order valence-electron chi connectivity index (χ1n) is 10.1. The Labute approximate surface area is 165 Å². The van der Waals surface area contributed by atoms with Crippen LogP contribution in [-0.4, -0.2) is 34.7 Å². The molecule has 5 rings (SSSR count). The van der Waals surface area contributed by atoms with Crippen LogP contribution in [0.5, 0.6) is 0 Å². The maximum Gasteiger partial charge on any atom is 0.410 e. The van der Waals surface area contributed by atoms with E-state index in [4.69, 9.17) is 10.2 Å². The summed E-state index contributed by atoms with van der Waals surface area (Å²) >= 11 is 0. The average molecular weight is 408 g/mol. The molecule has 1 aromatic heterocycles. The van der Waals surface area contributed by atoms with Gasteiger partial charge in [-0.1, -0.05) is 6.07 Å². The molecule has 2 saturated carbocycles. The number of halogens is 3. The van der Waals surface area contributed by atoms with Gasteiger partial charge in [-0.25, -0.2) is 9.78 Å². The highest BCUT2D eigenvalue weighted by Gasteiger charge is 2.47. The molecule has 0 radical (unpaired) electrons. The van der Waals surface area contributed by atoms with Crippen LogP contribution >= 0.6 is 0 Å². The van der Waals surface area contributed by atoms with E-state index in [1.54, 1.807) is 18.2 Å². The Morgan fingerprint density at radius 1 is 1.24 bits per heavy atom. The number of carbonyl (C=O) groups is 1. The van der Waals surface area contributed by atoms with E-state index >= 15 is 0 Å². The van der Waals surface area contributed by atoms with E-state index in [0.29, 0.717) is 40.3 Å². The number of carbonyl (C=O) groups excluding carboxylic acids is 1. The van der Waals surface area contributed by atoms with Crippen LogP contribution in [0.4, 0.5) is 18.0 Å². The molecule has 3 fully saturated rings. The summed E-state index contributed by atoms with van der Waals surface area (Å²) in [6.07, 6.45) is 0.420. The predicted molar refractivity (Wildman–Crippen MR) is 98.7 cm³/mol. The number of nitrogens with two attached hydrogens (primary N) is 1. The lowest BCUT2D eigenvalue weighted by Crippen LogP contribution is -2.40. The first kappa shape index (κ1) is 18.7. The van der Waals surface area contributed by atoms with Crippen LogP contribution in [0.3, 0.4) is 0 Å². The molecule has 3 aliphatic rings. The quantitative estimate of drug-likeness (QED) is 0.763. The van der Waals surface area contributed by atoms with Gasteiger partial charge in [0.2, 0.25) is 5.89 Å². The van der Waals surface area contributed by atoms with Crippen LogP contribution in [0.25, 0.3) is 11.1 Å². The van der Waals surface area contributed by atoms with Crippen LogP contribution in [0.1, 0.15) is 43.2 Å². The van der Waals surface area contributed by atoms with Gasteiger partial charge in [0.05, 0.1) is 12.6 Å². The van der Waals surface area contributed by atoms with Gasteiger partial charge in [-0.2, -0.15) is 13.2 Å². The minimum atomic E-state index is -4.45. The number of amides is 2. The summed E-state index contributed by atoms with van der Waals surface area (Å²) in [5.41, 5.74) is 8.42. The predicted octanol–water partition coefficient (Wildman–Crippen LogP) is 3.72. The Kier molecular flexibility index (Phi) is 4.27. The molecular formula is C20H23F3N4O2. The van der Waals surface area contributed by atoms with Crippen LogP contribution in [0, 0.1) is 17.8 Å². The molecule has 156 valence electrons. The van der Waals surface area contributed by atoms with E-state index in [-0.39, 0.29) is 12.6 Å². The van der Waals surface area contributed by atoms with Gasteiger partial charge in [-0.3, -0.25) is 0 Å². The van der Waals surface area contributed by atoms with Crippen molar-refractivity contribution in [1.29, 1.82) is 0 Å². The zero-order chi connectivity index (χ0) is 20.3. The standard InChI is InChI=1S/C20H23F3N4O2/c21-20(22,23)15-9-27(19(28)26-15)8-10-1-6-14-13(7-10)25-18(29-14)17(24)16(11-2-3-11)12-4-5-12/h1,6-7,11-12,15-17H,2-5,8-9,24H2,(H,26,28)/t15-,17+/m0/s1. The van der Waals surface area contributed by atoms with E-state index in [9.17, 15) is 18.0 Å². The molecule has 2 heterocycles. The van der Waals surface area contributed by atoms with E-state index in [1.165, 1.54) is 25.7 Å². The topological polar surface area (TPSA) is 84.4 Å². The van der Waals surface area contributed by atoms with Crippen molar-refractivity contribution in [2.75, 3.05) is 6.54 Å². The fourth-order valence-electron chi connectivity index (χ4n) is 4.46. The Morgan fingerprint density at radius 3 is 2.52 bits per heavy atom. The van der Waals surface area contributed by atoms with E-state index in [1.807, 2.05) is 5.32 Å². The molecule has 0 bridgehead atoms. The average Bonchev–Trinajstić information content (AvgIpc) is 3.58. The van der Waals surface area contributed by atoms with Crippen LogP contribution in [-0.2, 0) is 6.54 Å². The van der Waals surface area contributed by atoms with Crippen LogP contribution < -0.4 is 11.1 Å². The molecule has 0 spiro atoms. The summed E-state index contributed by atoms with van der Waals surface area (Å²) in [6, 6.07) is 2.46. The molecule has 6 nitrogen and oxygen atoms in total. The molecule has 1 aliphatic heterocycles. The van der Waals surface area contributed by atoms with Gasteiger partial charge in [0.25, 0.3) is 0 Å². The largest absolute Gasteiger partial charge is 0.439 e. The number of nitrogens with zero attached hydrogens (tertiary/aromatic N) is 2. The number of alkyl halides is 3. The van der Waals surface area contributed by atoms with Gasteiger partial charge in [0, 0.05) is 6.54 Å². The Bertz CT molecular complexity index is 923. The van der Waals surface area contributed by atoms with Crippen molar-refractivity contribution in [3.05, 3.63) is 29.7 Å². The third kappa shape index (κ3) is 3.68. The van der Waals surface area contributed by atoms with Crippen molar-refractivity contribution in [2.45, 2.75) is 50.5 Å². The number of rotatable bonds is 6. The zero-order valence-electron chi connectivity index (χ0n) is 15.8. The highest BCUT2D eigenvalue weighted by atomic mass is 19.4. The second kappa shape index (κ2) is 6.62. The van der Waals surface area contributed by atoms with Gasteiger partial charge in [0.15, 0.2) is 5.58 Å². The van der Waals surface area contributed by atoms with Crippen molar-refractivity contribution < 1.29 is 22.4 Å². The maximum absolute atomic E-state index is 12.8. The first-order chi connectivity index (χ1) is 13.8. The summed E-state index contributed by atoms with van der Waals surface area (Å²) in [7, 11) is 0. The van der Waals surface area contributed by atoms with E-state index in [2.05, 4.69) is 4.98 Å². The van der Waals surface area contributed by atoms with Crippen molar-refractivity contribution in [3.8, 4) is 0 Å². The molecule has 29 heavy (non-hydrogen) atoms. The number of aromatic nitrogens is 1. The summed E-state index contributed by atoms with van der Waals surface area (Å²) in [6.45, 7) is -0.324. The number of benzene rings is 1. The Hall–Kier alpha value is -2.29. The molecule has 1 aromatic carbocycles. The van der Waals surface area contributed by atoms with Crippen LogP contribution in [0.2, 0.25) is 0 Å². The van der Waals surface area contributed by atoms with Crippen molar-refractivity contribution in [2.24, 2.45) is 23.5 Å². The van der Waals surface area contributed by atoms with E-state index in [0.717, 1.165) is 4.90 Å². The molecule has 2 aliphatic carbocycles. The van der Waals surface area contributed by atoms with Gasteiger partial charge in [-0.05, 0) is 61.1 Å². The molecule has 9 heteroatoms. The monoisotopic (exact) mass is 408 g/mol. The summed E-state index contributed by atoms with van der Waals surface area (Å²) in [5, 5.41) is 1.98. The number of fused-ring (bicyclic) bond motifs is 1. The van der Waals surface area contributed by atoms with Crippen molar-refractivity contribution in [1.82, 2.24) is 15.2 Å². The maximum atomic E-state index is 12.8. The lowest BCUT2D eigenvalue weighted by atomic mass is 9.90. The number of urea groups is 1.